The van der Waals surface area contributed by atoms with Gasteiger partial charge in [0.1, 0.15) is 0 Å². The normalized spacial score (nSPS) is 17.8. The SMILES string of the molecule is CC(=O)c1ccc(N2C(=O)CC(N3CCN(c4nc5c(c(=O)n(C)c(=O)n5C)n4Cc4ccccc4Cl)CC3)C2=O)cc1. The average Bonchev–Trinajstić information content (AvgIpc) is 3.53. The molecule has 0 radical (unpaired) electrons. The van der Waals surface area contributed by atoms with E-state index in [1.54, 1.807) is 41.9 Å². The van der Waals surface area contributed by atoms with Crippen LogP contribution in [0.3, 0.4) is 0 Å². The highest BCUT2D eigenvalue weighted by atomic mass is 35.5. The molecule has 0 spiro atoms. The molecular formula is C30H30ClN7O5. The molecule has 6 rings (SSSR count). The third-order valence-corrected chi connectivity index (χ3v) is 8.68. The van der Waals surface area contributed by atoms with Gasteiger partial charge in [-0.05, 0) is 42.8 Å². The Labute approximate surface area is 251 Å². The van der Waals surface area contributed by atoms with Crippen LogP contribution >= 0.6 is 11.6 Å². The summed E-state index contributed by atoms with van der Waals surface area (Å²) in [5.74, 6) is -0.150. The zero-order valence-corrected chi connectivity index (χ0v) is 24.7. The number of imide groups is 1. The summed E-state index contributed by atoms with van der Waals surface area (Å²) in [4.78, 5) is 74.0. The van der Waals surface area contributed by atoms with Gasteiger partial charge in [-0.2, -0.15) is 4.98 Å². The third kappa shape index (κ3) is 4.86. The Kier molecular flexibility index (Phi) is 7.26. The van der Waals surface area contributed by atoms with Crippen LogP contribution in [0.2, 0.25) is 5.02 Å². The molecular weight excluding hydrogens is 574 g/mol. The van der Waals surface area contributed by atoms with E-state index in [2.05, 4.69) is 0 Å². The number of halogens is 1. The van der Waals surface area contributed by atoms with Crippen molar-refractivity contribution in [3.8, 4) is 0 Å². The molecule has 2 aliphatic heterocycles. The molecule has 2 amide bonds. The Hall–Kier alpha value is -4.55. The van der Waals surface area contributed by atoms with Gasteiger partial charge in [0.2, 0.25) is 11.9 Å². The number of amides is 2. The van der Waals surface area contributed by atoms with Crippen LogP contribution in [-0.2, 0) is 30.2 Å². The van der Waals surface area contributed by atoms with Crippen LogP contribution in [0.1, 0.15) is 29.3 Å². The van der Waals surface area contributed by atoms with Crippen LogP contribution < -0.4 is 21.0 Å². The molecule has 0 N–H and O–H groups in total. The Balaban J connectivity index is 1.27. The lowest BCUT2D eigenvalue weighted by molar-refractivity contribution is -0.123. The summed E-state index contributed by atoms with van der Waals surface area (Å²) in [7, 11) is 3.02. The summed E-state index contributed by atoms with van der Waals surface area (Å²) in [5.41, 5.74) is 1.40. The number of piperazine rings is 1. The van der Waals surface area contributed by atoms with E-state index in [0.717, 1.165) is 10.1 Å². The van der Waals surface area contributed by atoms with Crippen molar-refractivity contribution in [2.45, 2.75) is 25.9 Å². The van der Waals surface area contributed by atoms with E-state index < -0.39 is 17.3 Å². The van der Waals surface area contributed by atoms with E-state index in [9.17, 15) is 24.0 Å². The summed E-state index contributed by atoms with van der Waals surface area (Å²) in [6.07, 6.45) is 0.0659. The van der Waals surface area contributed by atoms with Crippen LogP contribution in [0.15, 0.2) is 58.1 Å². The second kappa shape index (κ2) is 10.9. The fourth-order valence-corrected chi connectivity index (χ4v) is 6.07. The van der Waals surface area contributed by atoms with Crippen LogP contribution in [0.25, 0.3) is 11.2 Å². The number of hydrogen-bond acceptors (Lipinski definition) is 8. The standard InChI is InChI=1S/C30H30ClN7O5/c1-18(39)19-8-10-21(11-9-19)38-24(40)16-23(27(38)41)35-12-14-36(15-13-35)29-32-26-25(28(42)34(3)30(43)33(26)2)37(29)17-20-6-4-5-7-22(20)31/h4-11,23H,12-17H2,1-3H3. The van der Waals surface area contributed by atoms with E-state index in [-0.39, 0.29) is 36.2 Å². The lowest BCUT2D eigenvalue weighted by Crippen LogP contribution is -2.53. The fourth-order valence-electron chi connectivity index (χ4n) is 5.87. The van der Waals surface area contributed by atoms with E-state index in [0.29, 0.717) is 53.9 Å². The summed E-state index contributed by atoms with van der Waals surface area (Å²) in [6, 6.07) is 13.2. The van der Waals surface area contributed by atoms with E-state index in [1.165, 1.54) is 23.4 Å². The van der Waals surface area contributed by atoms with Crippen molar-refractivity contribution in [1.82, 2.24) is 23.6 Å². The first-order valence-electron chi connectivity index (χ1n) is 13.9. The van der Waals surface area contributed by atoms with Gasteiger partial charge in [0.15, 0.2) is 16.9 Å². The summed E-state index contributed by atoms with van der Waals surface area (Å²) >= 11 is 6.48. The number of ketones is 1. The van der Waals surface area contributed by atoms with Crippen molar-refractivity contribution in [3.05, 3.63) is 85.5 Å². The number of carbonyl (C=O) groups excluding carboxylic acids is 3. The number of benzene rings is 2. The number of imidazole rings is 1. The second-order valence-electron chi connectivity index (χ2n) is 10.9. The zero-order valence-electron chi connectivity index (χ0n) is 24.0. The first kappa shape index (κ1) is 28.6. The maximum atomic E-state index is 13.4. The Morgan fingerprint density at radius 3 is 2.26 bits per heavy atom. The fraction of sp³-hybridized carbons (Fsp3) is 0.333. The minimum atomic E-state index is -0.600. The van der Waals surface area contributed by atoms with Crippen molar-refractivity contribution in [3.63, 3.8) is 0 Å². The van der Waals surface area contributed by atoms with E-state index >= 15 is 0 Å². The molecule has 2 saturated heterocycles. The third-order valence-electron chi connectivity index (χ3n) is 8.31. The Bertz CT molecular complexity index is 1900. The van der Waals surface area contributed by atoms with Crippen LogP contribution in [0.4, 0.5) is 11.6 Å². The molecule has 43 heavy (non-hydrogen) atoms. The van der Waals surface area contributed by atoms with Gasteiger partial charge in [-0.3, -0.25) is 37.8 Å². The molecule has 2 aromatic carbocycles. The van der Waals surface area contributed by atoms with Crippen molar-refractivity contribution in [2.75, 3.05) is 36.0 Å². The van der Waals surface area contributed by atoms with Crippen LogP contribution in [0, 0.1) is 0 Å². The lowest BCUT2D eigenvalue weighted by Gasteiger charge is -2.37. The molecule has 4 aromatic rings. The van der Waals surface area contributed by atoms with Gasteiger partial charge < -0.3 is 4.90 Å². The molecule has 0 bridgehead atoms. The predicted octanol–water partition coefficient (Wildman–Crippen LogP) is 1.79. The van der Waals surface area contributed by atoms with Gasteiger partial charge in [0.05, 0.1) is 24.7 Å². The quantitative estimate of drug-likeness (QED) is 0.241. The van der Waals surface area contributed by atoms with Gasteiger partial charge in [-0.1, -0.05) is 29.8 Å². The van der Waals surface area contributed by atoms with E-state index in [4.69, 9.17) is 16.6 Å². The van der Waals surface area contributed by atoms with Crippen LogP contribution in [0.5, 0.6) is 0 Å². The van der Waals surface area contributed by atoms with Gasteiger partial charge >= 0.3 is 5.69 Å². The lowest BCUT2D eigenvalue weighted by atomic mass is 10.1. The van der Waals surface area contributed by atoms with Gasteiger partial charge in [-0.25, -0.2) is 9.69 Å². The number of aromatic nitrogens is 4. The highest BCUT2D eigenvalue weighted by molar-refractivity contribution is 6.31. The van der Waals surface area contributed by atoms with Crippen molar-refractivity contribution in [1.29, 1.82) is 0 Å². The smallest absolute Gasteiger partial charge is 0.332 e. The zero-order chi connectivity index (χ0) is 30.6. The van der Waals surface area contributed by atoms with Gasteiger partial charge in [0, 0.05) is 50.9 Å². The van der Waals surface area contributed by atoms with Gasteiger partial charge in [0.25, 0.3) is 11.5 Å². The summed E-state index contributed by atoms with van der Waals surface area (Å²) in [6.45, 7) is 3.65. The largest absolute Gasteiger partial charge is 0.340 e. The number of nitrogens with zero attached hydrogens (tertiary/aromatic N) is 7. The molecule has 222 valence electrons. The minimum absolute atomic E-state index is 0.0659. The highest BCUT2D eigenvalue weighted by Crippen LogP contribution is 2.29. The molecule has 1 atom stereocenters. The number of fused-ring (bicyclic) bond motifs is 1. The molecule has 4 heterocycles. The number of hydrogen-bond donors (Lipinski definition) is 0. The predicted molar refractivity (Wildman–Crippen MR) is 162 cm³/mol. The second-order valence-corrected chi connectivity index (χ2v) is 11.3. The molecule has 0 saturated carbocycles. The first-order valence-corrected chi connectivity index (χ1v) is 14.3. The molecule has 13 heteroatoms. The first-order chi connectivity index (χ1) is 20.6. The maximum absolute atomic E-state index is 13.4. The number of Topliss-reactive ketones (excluding diaryl/α,β-unsaturated/α-hetero) is 1. The Morgan fingerprint density at radius 1 is 0.930 bits per heavy atom. The molecule has 2 aliphatic rings. The molecule has 0 aliphatic carbocycles. The topological polar surface area (TPSA) is 123 Å². The maximum Gasteiger partial charge on any atom is 0.332 e. The molecule has 12 nitrogen and oxygen atoms in total. The molecule has 2 fully saturated rings. The van der Waals surface area contributed by atoms with Crippen molar-refractivity contribution >= 4 is 52.0 Å². The number of aryl methyl sites for hydroxylation is 1. The molecule has 1 unspecified atom stereocenters. The molecule has 2 aromatic heterocycles. The highest BCUT2D eigenvalue weighted by Gasteiger charge is 2.43. The minimum Gasteiger partial charge on any atom is -0.340 e. The van der Waals surface area contributed by atoms with Crippen molar-refractivity contribution in [2.24, 2.45) is 14.1 Å². The average molecular weight is 604 g/mol. The number of carbonyl (C=O) groups is 3. The van der Waals surface area contributed by atoms with Crippen LogP contribution in [-0.4, -0.2) is 73.4 Å². The monoisotopic (exact) mass is 603 g/mol. The summed E-state index contributed by atoms with van der Waals surface area (Å²) in [5, 5.41) is 0.548. The number of rotatable bonds is 6. The Morgan fingerprint density at radius 2 is 1.60 bits per heavy atom. The van der Waals surface area contributed by atoms with Crippen molar-refractivity contribution < 1.29 is 14.4 Å². The van der Waals surface area contributed by atoms with E-state index in [1.807, 2.05) is 28.0 Å². The number of anilines is 2. The summed E-state index contributed by atoms with van der Waals surface area (Å²) < 4.78 is 4.22. The van der Waals surface area contributed by atoms with Gasteiger partial charge in [-0.15, -0.1) is 0 Å².